The topological polar surface area (TPSA) is 55.6 Å². The highest BCUT2D eigenvalue weighted by Crippen LogP contribution is 2.17. The molecule has 19 heavy (non-hydrogen) atoms. The van der Waals surface area contributed by atoms with Crippen LogP contribution in [0.2, 0.25) is 5.02 Å². The van der Waals surface area contributed by atoms with Gasteiger partial charge in [-0.1, -0.05) is 18.5 Å². The molecule has 1 aromatic rings. The van der Waals surface area contributed by atoms with E-state index >= 15 is 0 Å². The van der Waals surface area contributed by atoms with Crippen molar-refractivity contribution in [3.05, 3.63) is 29.3 Å². The van der Waals surface area contributed by atoms with Gasteiger partial charge >= 0.3 is 0 Å². The minimum Gasteiger partial charge on any atom is -0.484 e. The molecule has 5 heteroatoms. The SMILES string of the molecule is CC1CCN(C(=O)COc2ccc(Cl)cc2)CC1N. The van der Waals surface area contributed by atoms with Crippen molar-refractivity contribution in [2.75, 3.05) is 19.7 Å². The smallest absolute Gasteiger partial charge is 0.260 e. The zero-order valence-corrected chi connectivity index (χ0v) is 11.8. The zero-order valence-electron chi connectivity index (χ0n) is 11.0. The number of nitrogens with two attached hydrogens (primary N) is 1. The molecular weight excluding hydrogens is 264 g/mol. The summed E-state index contributed by atoms with van der Waals surface area (Å²) in [6.07, 6.45) is 0.952. The first-order chi connectivity index (χ1) is 9.06. The molecule has 1 aliphatic heterocycles. The summed E-state index contributed by atoms with van der Waals surface area (Å²) in [6.45, 7) is 3.54. The molecule has 104 valence electrons. The molecule has 1 heterocycles. The first kappa shape index (κ1) is 14.2. The van der Waals surface area contributed by atoms with Crippen LogP contribution in [0, 0.1) is 5.92 Å². The van der Waals surface area contributed by atoms with E-state index in [0.717, 1.165) is 13.0 Å². The molecule has 0 aromatic heterocycles. The number of rotatable bonds is 3. The highest BCUT2D eigenvalue weighted by molar-refractivity contribution is 6.30. The second kappa shape index (κ2) is 6.26. The van der Waals surface area contributed by atoms with Crippen LogP contribution in [0.5, 0.6) is 5.75 Å². The number of hydrogen-bond donors (Lipinski definition) is 1. The quantitative estimate of drug-likeness (QED) is 0.921. The number of nitrogens with zero attached hydrogens (tertiary/aromatic N) is 1. The van der Waals surface area contributed by atoms with E-state index in [4.69, 9.17) is 22.1 Å². The van der Waals surface area contributed by atoms with E-state index in [1.54, 1.807) is 29.2 Å². The van der Waals surface area contributed by atoms with Gasteiger partial charge in [0.15, 0.2) is 6.61 Å². The van der Waals surface area contributed by atoms with Gasteiger partial charge < -0.3 is 15.4 Å². The van der Waals surface area contributed by atoms with Crippen molar-refractivity contribution in [1.29, 1.82) is 0 Å². The Balaban J connectivity index is 1.83. The summed E-state index contributed by atoms with van der Waals surface area (Å²) in [6, 6.07) is 7.03. The summed E-state index contributed by atoms with van der Waals surface area (Å²) in [4.78, 5) is 13.8. The van der Waals surface area contributed by atoms with Gasteiger partial charge in [-0.05, 0) is 36.6 Å². The molecule has 2 rings (SSSR count). The Hall–Kier alpha value is -1.26. The number of amides is 1. The fourth-order valence-corrected chi connectivity index (χ4v) is 2.22. The number of benzene rings is 1. The van der Waals surface area contributed by atoms with Gasteiger partial charge in [0.1, 0.15) is 5.75 Å². The molecular formula is C14H19ClN2O2. The standard InChI is InChI=1S/C14H19ClN2O2/c1-10-6-7-17(8-13(10)16)14(18)9-19-12-4-2-11(15)3-5-12/h2-5,10,13H,6-9,16H2,1H3. The third-order valence-electron chi connectivity index (χ3n) is 3.55. The van der Waals surface area contributed by atoms with Gasteiger partial charge in [-0.2, -0.15) is 0 Å². The Kier molecular flexibility index (Phi) is 4.66. The van der Waals surface area contributed by atoms with Crippen molar-refractivity contribution < 1.29 is 9.53 Å². The summed E-state index contributed by atoms with van der Waals surface area (Å²) in [5.41, 5.74) is 5.98. The summed E-state index contributed by atoms with van der Waals surface area (Å²) in [5.74, 6) is 1.10. The first-order valence-corrected chi connectivity index (χ1v) is 6.86. The second-order valence-electron chi connectivity index (χ2n) is 5.01. The third kappa shape index (κ3) is 3.85. The van der Waals surface area contributed by atoms with Gasteiger partial charge in [0.05, 0.1) is 0 Å². The lowest BCUT2D eigenvalue weighted by atomic mass is 9.94. The Morgan fingerprint density at radius 2 is 2.16 bits per heavy atom. The molecule has 0 radical (unpaired) electrons. The van der Waals surface area contributed by atoms with Crippen LogP contribution in [0.3, 0.4) is 0 Å². The summed E-state index contributed by atoms with van der Waals surface area (Å²) < 4.78 is 5.45. The minimum absolute atomic E-state index is 0.0164. The third-order valence-corrected chi connectivity index (χ3v) is 3.80. The van der Waals surface area contributed by atoms with Gasteiger partial charge in [0.25, 0.3) is 5.91 Å². The number of likely N-dealkylation sites (tertiary alicyclic amines) is 1. The lowest BCUT2D eigenvalue weighted by Gasteiger charge is -2.34. The van der Waals surface area contributed by atoms with Crippen molar-refractivity contribution in [3.8, 4) is 5.75 Å². The largest absolute Gasteiger partial charge is 0.484 e. The van der Waals surface area contributed by atoms with E-state index in [1.807, 2.05) is 0 Å². The van der Waals surface area contributed by atoms with Crippen LogP contribution in [0.1, 0.15) is 13.3 Å². The van der Waals surface area contributed by atoms with Gasteiger partial charge in [0, 0.05) is 24.2 Å². The number of hydrogen-bond acceptors (Lipinski definition) is 3. The molecule has 0 aliphatic carbocycles. The van der Waals surface area contributed by atoms with Gasteiger partial charge in [-0.3, -0.25) is 4.79 Å². The normalized spacial score (nSPS) is 23.2. The summed E-state index contributed by atoms with van der Waals surface area (Å²) in [5, 5.41) is 0.648. The average Bonchev–Trinajstić information content (AvgIpc) is 2.41. The van der Waals surface area contributed by atoms with Gasteiger partial charge in [0.2, 0.25) is 0 Å². The van der Waals surface area contributed by atoms with Crippen molar-refractivity contribution in [2.24, 2.45) is 11.7 Å². The number of ether oxygens (including phenoxy) is 1. The molecule has 0 spiro atoms. The van der Waals surface area contributed by atoms with Crippen LogP contribution < -0.4 is 10.5 Å². The minimum atomic E-state index is -0.0164. The predicted octanol–water partition coefficient (Wildman–Crippen LogP) is 1.91. The molecule has 0 bridgehead atoms. The van der Waals surface area contributed by atoms with Crippen molar-refractivity contribution in [3.63, 3.8) is 0 Å². The zero-order chi connectivity index (χ0) is 13.8. The monoisotopic (exact) mass is 282 g/mol. The fourth-order valence-electron chi connectivity index (χ4n) is 2.09. The number of halogens is 1. The van der Waals surface area contributed by atoms with E-state index in [-0.39, 0.29) is 18.6 Å². The molecule has 1 amide bonds. The Labute approximate surface area is 118 Å². The van der Waals surface area contributed by atoms with E-state index in [9.17, 15) is 4.79 Å². The molecule has 2 N–H and O–H groups in total. The van der Waals surface area contributed by atoms with E-state index in [2.05, 4.69) is 6.92 Å². The predicted molar refractivity (Wildman–Crippen MR) is 75.3 cm³/mol. The lowest BCUT2D eigenvalue weighted by molar-refractivity contribution is -0.135. The Bertz CT molecular complexity index is 436. The Morgan fingerprint density at radius 3 is 2.79 bits per heavy atom. The highest BCUT2D eigenvalue weighted by atomic mass is 35.5. The van der Waals surface area contributed by atoms with Crippen molar-refractivity contribution in [1.82, 2.24) is 4.90 Å². The number of carbonyl (C=O) groups excluding carboxylic acids is 1. The number of piperidine rings is 1. The second-order valence-corrected chi connectivity index (χ2v) is 5.45. The molecule has 1 fully saturated rings. The summed E-state index contributed by atoms with van der Waals surface area (Å²) in [7, 11) is 0. The Morgan fingerprint density at radius 1 is 1.47 bits per heavy atom. The molecule has 0 saturated carbocycles. The van der Waals surface area contributed by atoms with Gasteiger partial charge in [-0.15, -0.1) is 0 Å². The molecule has 1 aliphatic rings. The van der Waals surface area contributed by atoms with E-state index in [1.165, 1.54) is 0 Å². The van der Waals surface area contributed by atoms with E-state index < -0.39 is 0 Å². The van der Waals surface area contributed by atoms with Crippen LogP contribution >= 0.6 is 11.6 Å². The van der Waals surface area contributed by atoms with Crippen molar-refractivity contribution >= 4 is 17.5 Å². The molecule has 4 nitrogen and oxygen atoms in total. The molecule has 1 saturated heterocycles. The summed E-state index contributed by atoms with van der Waals surface area (Å²) >= 11 is 5.78. The fraction of sp³-hybridized carbons (Fsp3) is 0.500. The van der Waals surface area contributed by atoms with Gasteiger partial charge in [-0.25, -0.2) is 0 Å². The van der Waals surface area contributed by atoms with Crippen LogP contribution in [-0.2, 0) is 4.79 Å². The molecule has 1 aromatic carbocycles. The van der Waals surface area contributed by atoms with Crippen LogP contribution in [0.25, 0.3) is 0 Å². The van der Waals surface area contributed by atoms with E-state index in [0.29, 0.717) is 23.2 Å². The van der Waals surface area contributed by atoms with Crippen LogP contribution in [0.15, 0.2) is 24.3 Å². The highest BCUT2D eigenvalue weighted by Gasteiger charge is 2.26. The maximum atomic E-state index is 12.0. The number of carbonyl (C=O) groups is 1. The first-order valence-electron chi connectivity index (χ1n) is 6.48. The maximum absolute atomic E-state index is 12.0. The van der Waals surface area contributed by atoms with Crippen LogP contribution in [0.4, 0.5) is 0 Å². The van der Waals surface area contributed by atoms with Crippen molar-refractivity contribution in [2.45, 2.75) is 19.4 Å². The molecule has 2 atom stereocenters. The molecule has 2 unspecified atom stereocenters. The van der Waals surface area contributed by atoms with Crippen LogP contribution in [-0.4, -0.2) is 36.5 Å². The lowest BCUT2D eigenvalue weighted by Crippen LogP contribution is -2.50. The maximum Gasteiger partial charge on any atom is 0.260 e. The average molecular weight is 283 g/mol.